The van der Waals surface area contributed by atoms with Crippen LogP contribution in [0.3, 0.4) is 0 Å². The molecule has 0 aliphatic carbocycles. The Kier molecular flexibility index (Phi) is 7.56. The predicted octanol–water partition coefficient (Wildman–Crippen LogP) is 5.92. The first-order valence-electron chi connectivity index (χ1n) is 11.2. The monoisotopic (exact) mass is 524 g/mol. The molecule has 2 amide bonds. The third-order valence-corrected chi connectivity index (χ3v) is 7.06. The molecule has 3 aromatic rings. The van der Waals surface area contributed by atoms with Crippen LogP contribution in [0, 0.1) is 13.8 Å². The van der Waals surface area contributed by atoms with Crippen LogP contribution in [0.15, 0.2) is 59.5 Å². The van der Waals surface area contributed by atoms with E-state index in [9.17, 15) is 14.4 Å². The molecule has 1 atom stereocenters. The van der Waals surface area contributed by atoms with Crippen molar-refractivity contribution in [3.05, 3.63) is 87.0 Å². The lowest BCUT2D eigenvalue weighted by Gasteiger charge is -2.18. The number of halogens is 1. The van der Waals surface area contributed by atoms with Gasteiger partial charge in [0, 0.05) is 22.1 Å². The van der Waals surface area contributed by atoms with Crippen LogP contribution in [0.5, 0.6) is 5.75 Å². The Balaban J connectivity index is 1.52. The molecule has 0 N–H and O–H groups in total. The predicted molar refractivity (Wildman–Crippen MR) is 140 cm³/mol. The van der Waals surface area contributed by atoms with E-state index in [1.54, 1.807) is 6.08 Å². The summed E-state index contributed by atoms with van der Waals surface area (Å²) in [6.45, 7) is 5.83. The summed E-state index contributed by atoms with van der Waals surface area (Å²) in [6, 6.07) is 16.2. The Morgan fingerprint density at radius 1 is 1.08 bits per heavy atom. The van der Waals surface area contributed by atoms with Crippen LogP contribution in [-0.4, -0.2) is 39.7 Å². The van der Waals surface area contributed by atoms with Gasteiger partial charge >= 0.3 is 5.97 Å². The number of hydrogen-bond acceptors (Lipinski definition) is 6. The van der Waals surface area contributed by atoms with Crippen molar-refractivity contribution in [3.8, 4) is 11.4 Å². The molecule has 1 aliphatic rings. The van der Waals surface area contributed by atoms with Crippen molar-refractivity contribution in [1.29, 1.82) is 0 Å². The van der Waals surface area contributed by atoms with Gasteiger partial charge in [0.15, 0.2) is 0 Å². The second-order valence-electron chi connectivity index (χ2n) is 8.32. The number of thioether (sulfide) groups is 1. The van der Waals surface area contributed by atoms with Crippen LogP contribution in [0.4, 0.5) is 4.79 Å². The van der Waals surface area contributed by atoms with Crippen molar-refractivity contribution in [1.82, 2.24) is 9.47 Å². The third kappa shape index (κ3) is 5.20. The second-order valence-corrected chi connectivity index (χ2v) is 9.75. The van der Waals surface area contributed by atoms with Crippen LogP contribution in [-0.2, 0) is 20.9 Å². The molecule has 4 rings (SSSR count). The fourth-order valence-electron chi connectivity index (χ4n) is 4.00. The molecule has 36 heavy (non-hydrogen) atoms. The molecule has 0 saturated carbocycles. The van der Waals surface area contributed by atoms with E-state index in [1.807, 2.05) is 68.4 Å². The lowest BCUT2D eigenvalue weighted by molar-refractivity contribution is -0.148. The number of aromatic nitrogens is 1. The highest BCUT2D eigenvalue weighted by molar-refractivity contribution is 8.18. The SMILES string of the molecule is COC(=O)[C@@H](C)N1C(=O)S/C(=C/c2cc(C)n(-c3ccc(OCc4ccc(Cl)cc4)cc3)c2C)C1=O. The zero-order chi connectivity index (χ0) is 26.0. The van der Waals surface area contributed by atoms with Gasteiger partial charge in [0.25, 0.3) is 11.1 Å². The first-order valence-corrected chi connectivity index (χ1v) is 12.4. The molecular weight excluding hydrogens is 500 g/mol. The van der Waals surface area contributed by atoms with Gasteiger partial charge in [0.2, 0.25) is 0 Å². The topological polar surface area (TPSA) is 77.8 Å². The Hall–Kier alpha value is -3.49. The number of amides is 2. The first kappa shape index (κ1) is 25.6. The van der Waals surface area contributed by atoms with Gasteiger partial charge in [-0.3, -0.25) is 14.5 Å². The number of ether oxygens (including phenoxy) is 2. The van der Waals surface area contributed by atoms with Gasteiger partial charge in [-0.25, -0.2) is 4.79 Å². The highest BCUT2D eigenvalue weighted by Gasteiger charge is 2.41. The zero-order valence-corrected chi connectivity index (χ0v) is 21.9. The Morgan fingerprint density at radius 3 is 2.39 bits per heavy atom. The van der Waals surface area contributed by atoms with Crippen LogP contribution < -0.4 is 4.74 Å². The van der Waals surface area contributed by atoms with E-state index >= 15 is 0 Å². The molecule has 2 heterocycles. The summed E-state index contributed by atoms with van der Waals surface area (Å²) in [6.07, 6.45) is 1.69. The average Bonchev–Trinajstić information content (AvgIpc) is 3.31. The Morgan fingerprint density at radius 2 is 1.75 bits per heavy atom. The third-order valence-electron chi connectivity index (χ3n) is 5.92. The van der Waals surface area contributed by atoms with E-state index in [0.29, 0.717) is 11.6 Å². The summed E-state index contributed by atoms with van der Waals surface area (Å²) < 4.78 is 12.6. The fraction of sp³-hybridized carbons (Fsp3) is 0.222. The minimum absolute atomic E-state index is 0.266. The maximum atomic E-state index is 12.9. The van der Waals surface area contributed by atoms with Gasteiger partial charge in [-0.2, -0.15) is 0 Å². The number of nitrogens with zero attached hydrogens (tertiary/aromatic N) is 2. The summed E-state index contributed by atoms with van der Waals surface area (Å²) in [5.74, 6) is -0.406. The van der Waals surface area contributed by atoms with Gasteiger partial charge in [-0.05, 0) is 92.2 Å². The van der Waals surface area contributed by atoms with Crippen LogP contribution in [0.2, 0.25) is 5.02 Å². The van der Waals surface area contributed by atoms with Crippen molar-refractivity contribution in [2.24, 2.45) is 0 Å². The quantitative estimate of drug-likeness (QED) is 0.282. The number of carbonyl (C=O) groups is 3. The van der Waals surface area contributed by atoms with Crippen molar-refractivity contribution >= 4 is 46.6 Å². The maximum Gasteiger partial charge on any atom is 0.328 e. The number of aryl methyl sites for hydroxylation is 1. The smallest absolute Gasteiger partial charge is 0.328 e. The fourth-order valence-corrected chi connectivity index (χ4v) is 5.03. The summed E-state index contributed by atoms with van der Waals surface area (Å²) in [4.78, 5) is 38.3. The molecule has 1 fully saturated rings. The molecule has 0 spiro atoms. The van der Waals surface area contributed by atoms with Crippen LogP contribution in [0.25, 0.3) is 11.8 Å². The number of methoxy groups -OCH3 is 1. The molecule has 1 aliphatic heterocycles. The number of imide groups is 1. The van der Waals surface area contributed by atoms with E-state index in [0.717, 1.165) is 50.6 Å². The Labute approximate surface area is 218 Å². The summed E-state index contributed by atoms with van der Waals surface area (Å²) >= 11 is 6.75. The molecule has 0 unspecified atom stereocenters. The standard InChI is InChI=1S/C27H25ClN2O5S/c1-16-13-20(14-24-25(31)30(27(33)36-24)18(3)26(32)34-4)17(2)29(16)22-9-11-23(12-10-22)35-15-19-5-7-21(28)8-6-19/h5-14,18H,15H2,1-4H3/b24-14+/t18-/m1/s1. The van der Waals surface area contributed by atoms with Crippen molar-refractivity contribution < 1.29 is 23.9 Å². The minimum atomic E-state index is -0.985. The van der Waals surface area contributed by atoms with E-state index in [1.165, 1.54) is 14.0 Å². The lowest BCUT2D eigenvalue weighted by Crippen LogP contribution is -2.42. The molecule has 2 aromatic carbocycles. The largest absolute Gasteiger partial charge is 0.489 e. The van der Waals surface area contributed by atoms with Crippen molar-refractivity contribution in [3.63, 3.8) is 0 Å². The van der Waals surface area contributed by atoms with Crippen molar-refractivity contribution in [2.75, 3.05) is 7.11 Å². The van der Waals surface area contributed by atoms with Gasteiger partial charge < -0.3 is 14.0 Å². The highest BCUT2D eigenvalue weighted by Crippen LogP contribution is 2.35. The molecule has 7 nitrogen and oxygen atoms in total. The first-order chi connectivity index (χ1) is 17.2. The summed E-state index contributed by atoms with van der Waals surface area (Å²) in [5, 5.41) is 0.193. The van der Waals surface area contributed by atoms with Crippen LogP contribution in [0.1, 0.15) is 29.4 Å². The van der Waals surface area contributed by atoms with Gasteiger partial charge in [0.05, 0.1) is 12.0 Å². The number of esters is 1. The van der Waals surface area contributed by atoms with Gasteiger partial charge in [-0.15, -0.1) is 0 Å². The molecule has 0 radical (unpaired) electrons. The summed E-state index contributed by atoms with van der Waals surface area (Å²) in [5.41, 5.74) is 4.66. The molecule has 186 valence electrons. The van der Waals surface area contributed by atoms with Crippen LogP contribution >= 0.6 is 23.4 Å². The zero-order valence-electron chi connectivity index (χ0n) is 20.3. The lowest BCUT2D eigenvalue weighted by atomic mass is 10.2. The number of carbonyl (C=O) groups excluding carboxylic acids is 3. The van der Waals surface area contributed by atoms with Gasteiger partial charge in [0.1, 0.15) is 18.4 Å². The van der Waals surface area contributed by atoms with E-state index < -0.39 is 23.2 Å². The maximum absolute atomic E-state index is 12.9. The van der Waals surface area contributed by atoms with E-state index in [4.69, 9.17) is 16.3 Å². The van der Waals surface area contributed by atoms with Gasteiger partial charge in [-0.1, -0.05) is 23.7 Å². The number of hydrogen-bond donors (Lipinski definition) is 0. The Bertz CT molecular complexity index is 1350. The molecule has 0 bridgehead atoms. The number of benzene rings is 2. The molecule has 1 saturated heterocycles. The average molecular weight is 525 g/mol. The normalized spacial score (nSPS) is 15.5. The molecular formula is C27H25ClN2O5S. The number of rotatable bonds is 7. The minimum Gasteiger partial charge on any atom is -0.489 e. The van der Waals surface area contributed by atoms with Crippen molar-refractivity contribution in [2.45, 2.75) is 33.4 Å². The van der Waals surface area contributed by atoms with E-state index in [2.05, 4.69) is 9.30 Å². The molecule has 9 heteroatoms. The molecule has 1 aromatic heterocycles. The second kappa shape index (κ2) is 10.6. The van der Waals surface area contributed by atoms with E-state index in [-0.39, 0.29) is 4.91 Å². The highest BCUT2D eigenvalue weighted by atomic mass is 35.5. The summed E-state index contributed by atoms with van der Waals surface area (Å²) in [7, 11) is 1.22.